The number of aromatic nitrogens is 4. The summed E-state index contributed by atoms with van der Waals surface area (Å²) in [4.78, 5) is 2.21. The van der Waals surface area contributed by atoms with Crippen molar-refractivity contribution < 1.29 is 8.42 Å². The monoisotopic (exact) mass is 432 g/mol. The predicted octanol–water partition coefficient (Wildman–Crippen LogP) is 1.34. The topological polar surface area (TPSA) is 84.2 Å². The van der Waals surface area contributed by atoms with Gasteiger partial charge in [-0.1, -0.05) is 0 Å². The van der Waals surface area contributed by atoms with Crippen LogP contribution in [0.1, 0.15) is 24.7 Å². The zero-order valence-corrected chi connectivity index (χ0v) is 16.1. The van der Waals surface area contributed by atoms with E-state index < -0.39 is 10.0 Å². The summed E-state index contributed by atoms with van der Waals surface area (Å²) in [6.07, 6.45) is 2.28. The van der Waals surface area contributed by atoms with Crippen LogP contribution in [0.3, 0.4) is 0 Å². The Labute approximate surface area is 152 Å². The first-order chi connectivity index (χ1) is 11.5. The maximum absolute atomic E-state index is 12.6. The molecule has 11 heteroatoms. The fourth-order valence-electron chi connectivity index (χ4n) is 2.81. The molecule has 2 aromatic rings. The molecule has 1 saturated heterocycles. The standard InChI is InChI=1S/C13H17BrN6O2S2/c14-11-3-4-13(23-11)24(21,22)19-7-5-18(6-8-19)9-12-15-16-17-20(12)10-1-2-10/h3-4,10H,1-2,5-9H2. The normalized spacial score (nSPS) is 20.5. The van der Waals surface area contributed by atoms with Gasteiger partial charge in [-0.2, -0.15) is 4.31 Å². The summed E-state index contributed by atoms with van der Waals surface area (Å²) in [7, 11) is -3.39. The van der Waals surface area contributed by atoms with Crippen molar-refractivity contribution in [3.63, 3.8) is 0 Å². The first-order valence-corrected chi connectivity index (χ1v) is 10.8. The highest BCUT2D eigenvalue weighted by molar-refractivity contribution is 9.11. The Hall–Kier alpha value is -0.880. The van der Waals surface area contributed by atoms with E-state index >= 15 is 0 Å². The Morgan fingerprint density at radius 1 is 1.21 bits per heavy atom. The number of hydrogen-bond acceptors (Lipinski definition) is 7. The molecule has 0 radical (unpaired) electrons. The molecule has 1 saturated carbocycles. The van der Waals surface area contributed by atoms with Crippen LogP contribution in [0.15, 0.2) is 20.1 Å². The van der Waals surface area contributed by atoms with E-state index in [1.807, 2.05) is 4.68 Å². The lowest BCUT2D eigenvalue weighted by Gasteiger charge is -2.33. The van der Waals surface area contributed by atoms with E-state index in [2.05, 4.69) is 36.4 Å². The third-order valence-electron chi connectivity index (χ3n) is 4.29. The Kier molecular flexibility index (Phi) is 4.45. The summed E-state index contributed by atoms with van der Waals surface area (Å²) in [6.45, 7) is 3.01. The molecule has 0 N–H and O–H groups in total. The van der Waals surface area contributed by atoms with Gasteiger partial charge >= 0.3 is 0 Å². The van der Waals surface area contributed by atoms with Gasteiger partial charge < -0.3 is 0 Å². The molecule has 24 heavy (non-hydrogen) atoms. The predicted molar refractivity (Wildman–Crippen MR) is 92.1 cm³/mol. The number of nitrogens with zero attached hydrogens (tertiary/aromatic N) is 6. The molecule has 2 aliphatic rings. The van der Waals surface area contributed by atoms with Gasteiger partial charge in [-0.05, 0) is 51.3 Å². The molecule has 0 atom stereocenters. The van der Waals surface area contributed by atoms with Gasteiger partial charge in [-0.15, -0.1) is 16.4 Å². The van der Waals surface area contributed by atoms with E-state index in [9.17, 15) is 8.42 Å². The van der Waals surface area contributed by atoms with Crippen molar-refractivity contribution in [2.75, 3.05) is 26.2 Å². The van der Waals surface area contributed by atoms with E-state index in [0.717, 1.165) is 22.5 Å². The number of thiophene rings is 1. The largest absolute Gasteiger partial charge is 0.293 e. The van der Waals surface area contributed by atoms with E-state index in [4.69, 9.17) is 0 Å². The zero-order valence-electron chi connectivity index (χ0n) is 12.9. The smallest absolute Gasteiger partial charge is 0.252 e. The molecule has 4 rings (SSSR count). The number of piperazine rings is 1. The van der Waals surface area contributed by atoms with Gasteiger partial charge in [0.05, 0.1) is 16.4 Å². The van der Waals surface area contributed by atoms with Gasteiger partial charge in [0.1, 0.15) is 4.21 Å². The van der Waals surface area contributed by atoms with Crippen LogP contribution >= 0.6 is 27.3 Å². The van der Waals surface area contributed by atoms with Gasteiger partial charge in [0.25, 0.3) is 10.0 Å². The maximum Gasteiger partial charge on any atom is 0.252 e. The highest BCUT2D eigenvalue weighted by atomic mass is 79.9. The van der Waals surface area contributed by atoms with Gasteiger partial charge in [0.15, 0.2) is 5.82 Å². The second-order valence-corrected chi connectivity index (χ2v) is 10.6. The molecule has 2 aromatic heterocycles. The molecule has 8 nitrogen and oxygen atoms in total. The minimum Gasteiger partial charge on any atom is -0.293 e. The fraction of sp³-hybridized carbons (Fsp3) is 0.615. The molecule has 1 aliphatic carbocycles. The maximum atomic E-state index is 12.6. The van der Waals surface area contributed by atoms with Crippen molar-refractivity contribution in [3.8, 4) is 0 Å². The van der Waals surface area contributed by atoms with Crippen LogP contribution in [-0.4, -0.2) is 64.0 Å². The molecular weight excluding hydrogens is 416 g/mol. The Morgan fingerprint density at radius 2 is 1.96 bits per heavy atom. The highest BCUT2D eigenvalue weighted by Crippen LogP contribution is 2.34. The quantitative estimate of drug-likeness (QED) is 0.708. The molecule has 1 aliphatic heterocycles. The van der Waals surface area contributed by atoms with E-state index in [-0.39, 0.29) is 0 Å². The van der Waals surface area contributed by atoms with Crippen LogP contribution in [0, 0.1) is 0 Å². The van der Waals surface area contributed by atoms with Crippen molar-refractivity contribution in [1.29, 1.82) is 0 Å². The van der Waals surface area contributed by atoms with Gasteiger partial charge in [-0.3, -0.25) is 4.90 Å². The van der Waals surface area contributed by atoms with E-state index in [1.165, 1.54) is 11.3 Å². The Bertz CT molecular complexity index is 823. The summed E-state index contributed by atoms with van der Waals surface area (Å²) in [6, 6.07) is 3.88. The van der Waals surface area contributed by atoms with Crippen LogP contribution in [0.25, 0.3) is 0 Å². The molecular formula is C13H17BrN6O2S2. The fourth-order valence-corrected chi connectivity index (χ4v) is 6.40. The van der Waals surface area contributed by atoms with Crippen molar-refractivity contribution in [1.82, 2.24) is 29.4 Å². The Balaban J connectivity index is 1.39. The third-order valence-corrected chi connectivity index (χ3v) is 8.28. The number of hydrogen-bond donors (Lipinski definition) is 0. The van der Waals surface area contributed by atoms with Gasteiger partial charge in [-0.25, -0.2) is 13.1 Å². The van der Waals surface area contributed by atoms with Crippen LogP contribution in [0.4, 0.5) is 0 Å². The minimum absolute atomic E-state index is 0.389. The van der Waals surface area contributed by atoms with Crippen molar-refractivity contribution in [3.05, 3.63) is 21.7 Å². The number of sulfonamides is 1. The summed E-state index contributed by atoms with van der Waals surface area (Å²) in [5.74, 6) is 0.871. The van der Waals surface area contributed by atoms with Gasteiger partial charge in [0, 0.05) is 26.2 Å². The van der Waals surface area contributed by atoms with Crippen LogP contribution < -0.4 is 0 Å². The molecule has 3 heterocycles. The lowest BCUT2D eigenvalue weighted by Crippen LogP contribution is -2.48. The Morgan fingerprint density at radius 3 is 2.58 bits per heavy atom. The van der Waals surface area contributed by atoms with Gasteiger partial charge in [0.2, 0.25) is 0 Å². The van der Waals surface area contributed by atoms with Crippen molar-refractivity contribution in [2.24, 2.45) is 0 Å². The average molecular weight is 433 g/mol. The molecule has 0 aromatic carbocycles. The third kappa shape index (κ3) is 3.27. The van der Waals surface area contributed by atoms with E-state index in [0.29, 0.717) is 43.0 Å². The SMILES string of the molecule is O=S(=O)(c1ccc(Br)s1)N1CCN(Cc2nnnn2C2CC2)CC1. The summed E-state index contributed by atoms with van der Waals surface area (Å²) in [5.41, 5.74) is 0. The minimum atomic E-state index is -3.39. The first kappa shape index (κ1) is 16.6. The van der Waals surface area contributed by atoms with Crippen molar-refractivity contribution >= 4 is 37.3 Å². The lowest BCUT2D eigenvalue weighted by atomic mass is 10.3. The lowest BCUT2D eigenvalue weighted by molar-refractivity contribution is 0.175. The summed E-state index contributed by atoms with van der Waals surface area (Å²) < 4.78 is 30.0. The second kappa shape index (κ2) is 6.45. The molecule has 2 fully saturated rings. The average Bonchev–Trinajstić information content (AvgIpc) is 3.14. The van der Waals surface area contributed by atoms with Crippen LogP contribution in [-0.2, 0) is 16.6 Å². The van der Waals surface area contributed by atoms with Crippen LogP contribution in [0.2, 0.25) is 0 Å². The summed E-state index contributed by atoms with van der Waals surface area (Å²) >= 11 is 4.57. The summed E-state index contributed by atoms with van der Waals surface area (Å²) in [5, 5.41) is 11.9. The second-order valence-electron chi connectivity index (χ2n) is 6.01. The number of rotatable bonds is 5. The number of tetrazole rings is 1. The first-order valence-electron chi connectivity index (χ1n) is 7.78. The highest BCUT2D eigenvalue weighted by Gasteiger charge is 2.32. The van der Waals surface area contributed by atoms with E-state index in [1.54, 1.807) is 16.4 Å². The van der Waals surface area contributed by atoms with Crippen molar-refractivity contribution in [2.45, 2.75) is 29.6 Å². The zero-order chi connectivity index (χ0) is 16.7. The molecule has 0 bridgehead atoms. The molecule has 0 amide bonds. The van der Waals surface area contributed by atoms with Crippen LogP contribution in [0.5, 0.6) is 0 Å². The molecule has 0 spiro atoms. The number of halogens is 1. The molecule has 130 valence electrons. The molecule has 0 unspecified atom stereocenters.